The van der Waals surface area contributed by atoms with E-state index in [1.807, 2.05) is 18.2 Å². The second-order valence-electron chi connectivity index (χ2n) is 6.32. The molecule has 1 atom stereocenters. The number of aromatic nitrogens is 1. The van der Waals surface area contributed by atoms with E-state index in [1.54, 1.807) is 7.05 Å². The van der Waals surface area contributed by atoms with Gasteiger partial charge in [-0.1, -0.05) is 18.2 Å². The minimum absolute atomic E-state index is 0. The van der Waals surface area contributed by atoms with Crippen LogP contribution in [0.5, 0.6) is 0 Å². The van der Waals surface area contributed by atoms with Gasteiger partial charge in [-0.25, -0.2) is 4.98 Å². The van der Waals surface area contributed by atoms with Gasteiger partial charge in [-0.3, -0.25) is 4.99 Å². The van der Waals surface area contributed by atoms with Gasteiger partial charge in [-0.15, -0.1) is 35.3 Å². The highest BCUT2D eigenvalue weighted by Gasteiger charge is 2.33. The van der Waals surface area contributed by atoms with Crippen molar-refractivity contribution >= 4 is 47.0 Å². The van der Waals surface area contributed by atoms with Crippen LogP contribution in [0.4, 0.5) is 18.9 Å². The van der Waals surface area contributed by atoms with Crippen LogP contribution in [0, 0.1) is 0 Å². The summed E-state index contributed by atoms with van der Waals surface area (Å²) in [7, 11) is 1.65. The Morgan fingerprint density at radius 1 is 1.32 bits per heavy atom. The number of thiazole rings is 1. The molecule has 1 unspecified atom stereocenters. The number of halogens is 4. The summed E-state index contributed by atoms with van der Waals surface area (Å²) in [5.41, 5.74) is 0.340. The van der Waals surface area contributed by atoms with Gasteiger partial charge in [0.15, 0.2) is 11.7 Å². The van der Waals surface area contributed by atoms with Crippen molar-refractivity contribution in [3.63, 3.8) is 0 Å². The molecule has 0 saturated carbocycles. The highest BCUT2D eigenvalue weighted by atomic mass is 127. The van der Waals surface area contributed by atoms with Crippen molar-refractivity contribution in [3.05, 3.63) is 46.4 Å². The summed E-state index contributed by atoms with van der Waals surface area (Å²) in [6, 6.07) is 10.4. The SMILES string of the molecule is CN=C(NCc1nc(C(F)(F)F)cs1)NC1CCCN(c2ccccc2)C1.I. The molecule has 2 aromatic rings. The molecular weight excluding hydrogens is 502 g/mol. The lowest BCUT2D eigenvalue weighted by Gasteiger charge is -2.35. The number of piperidine rings is 1. The van der Waals surface area contributed by atoms with Gasteiger partial charge in [-0.05, 0) is 25.0 Å². The molecule has 0 aliphatic carbocycles. The van der Waals surface area contributed by atoms with Crippen molar-refractivity contribution in [2.75, 3.05) is 25.0 Å². The Labute approximate surface area is 183 Å². The Kier molecular flexibility index (Phi) is 8.35. The van der Waals surface area contributed by atoms with Crippen molar-refractivity contribution in [3.8, 4) is 0 Å². The number of benzene rings is 1. The second kappa shape index (κ2) is 10.3. The number of hydrogen-bond donors (Lipinski definition) is 2. The fourth-order valence-corrected chi connectivity index (χ4v) is 3.78. The normalized spacial score (nSPS) is 17.8. The molecule has 3 rings (SSSR count). The minimum Gasteiger partial charge on any atom is -0.369 e. The summed E-state index contributed by atoms with van der Waals surface area (Å²) in [4.78, 5) is 10.1. The number of guanidine groups is 1. The number of rotatable bonds is 4. The van der Waals surface area contributed by atoms with Gasteiger partial charge in [0.1, 0.15) is 5.01 Å². The third-order valence-corrected chi connectivity index (χ3v) is 5.21. The number of nitrogens with zero attached hydrogens (tertiary/aromatic N) is 3. The molecule has 1 fully saturated rings. The number of aliphatic imine (C=N–C) groups is 1. The molecule has 2 N–H and O–H groups in total. The summed E-state index contributed by atoms with van der Waals surface area (Å²) in [6.45, 7) is 2.06. The fourth-order valence-electron chi connectivity index (χ4n) is 3.04. The average Bonchev–Trinajstić information content (AvgIpc) is 3.15. The lowest BCUT2D eigenvalue weighted by Crippen LogP contribution is -2.51. The van der Waals surface area contributed by atoms with Gasteiger partial charge < -0.3 is 15.5 Å². The first kappa shape index (κ1) is 22.7. The van der Waals surface area contributed by atoms with E-state index in [9.17, 15) is 13.2 Å². The lowest BCUT2D eigenvalue weighted by molar-refractivity contribution is -0.140. The van der Waals surface area contributed by atoms with E-state index in [2.05, 4.69) is 37.6 Å². The van der Waals surface area contributed by atoms with Crippen LogP contribution in [0.25, 0.3) is 0 Å². The Hall–Kier alpha value is -1.56. The smallest absolute Gasteiger partial charge is 0.369 e. The van der Waals surface area contributed by atoms with E-state index in [0.29, 0.717) is 11.0 Å². The highest BCUT2D eigenvalue weighted by Crippen LogP contribution is 2.29. The summed E-state index contributed by atoms with van der Waals surface area (Å²) >= 11 is 0.988. The van der Waals surface area contributed by atoms with E-state index >= 15 is 0 Å². The van der Waals surface area contributed by atoms with E-state index in [-0.39, 0.29) is 36.6 Å². The Balaban J connectivity index is 0.00000280. The first-order chi connectivity index (χ1) is 13.0. The maximum absolute atomic E-state index is 12.6. The standard InChI is InChI=1S/C18H22F3N5S.HI/c1-22-17(23-10-16-25-15(12-27-16)18(19,20)21)24-13-6-5-9-26(11-13)14-7-3-2-4-8-14;/h2-4,7-8,12-13H,5-6,9-11H2,1H3,(H2,22,23,24);1H. The Bertz CT molecular complexity index is 766. The number of para-hydroxylation sites is 1. The molecule has 0 spiro atoms. The molecule has 1 aromatic carbocycles. The number of nitrogens with one attached hydrogen (secondary N) is 2. The lowest BCUT2D eigenvalue weighted by atomic mass is 10.1. The maximum atomic E-state index is 12.6. The van der Waals surface area contributed by atoms with Gasteiger partial charge in [0.2, 0.25) is 0 Å². The van der Waals surface area contributed by atoms with Crippen molar-refractivity contribution < 1.29 is 13.2 Å². The first-order valence-electron chi connectivity index (χ1n) is 8.74. The van der Waals surface area contributed by atoms with Crippen molar-refractivity contribution in [1.29, 1.82) is 0 Å². The molecule has 10 heteroatoms. The van der Waals surface area contributed by atoms with E-state index in [0.717, 1.165) is 42.6 Å². The third-order valence-electron chi connectivity index (χ3n) is 4.36. The minimum atomic E-state index is -4.41. The number of anilines is 1. The van der Waals surface area contributed by atoms with Crippen molar-refractivity contribution in [2.24, 2.45) is 4.99 Å². The van der Waals surface area contributed by atoms with Crippen LogP contribution in [0.2, 0.25) is 0 Å². The monoisotopic (exact) mass is 525 g/mol. The summed E-state index contributed by atoms with van der Waals surface area (Å²) in [5.74, 6) is 0.568. The van der Waals surface area contributed by atoms with Crippen LogP contribution in [0.3, 0.4) is 0 Å². The van der Waals surface area contributed by atoms with Crippen molar-refractivity contribution in [1.82, 2.24) is 15.6 Å². The van der Waals surface area contributed by atoms with Crippen LogP contribution in [-0.4, -0.2) is 37.1 Å². The molecule has 0 bridgehead atoms. The number of hydrogen-bond acceptors (Lipinski definition) is 4. The summed E-state index contributed by atoms with van der Waals surface area (Å²) < 4.78 is 37.9. The topological polar surface area (TPSA) is 52.6 Å². The molecule has 1 saturated heterocycles. The molecule has 1 aliphatic rings. The van der Waals surface area contributed by atoms with Crippen molar-refractivity contribution in [2.45, 2.75) is 31.6 Å². The molecule has 0 radical (unpaired) electrons. The Morgan fingerprint density at radius 2 is 2.07 bits per heavy atom. The van der Waals surface area contributed by atoms with E-state index < -0.39 is 11.9 Å². The quantitative estimate of drug-likeness (QED) is 0.359. The largest absolute Gasteiger partial charge is 0.434 e. The first-order valence-corrected chi connectivity index (χ1v) is 9.62. The van der Waals surface area contributed by atoms with E-state index in [4.69, 9.17) is 0 Å². The fraction of sp³-hybridized carbons (Fsp3) is 0.444. The Morgan fingerprint density at radius 3 is 2.71 bits per heavy atom. The van der Waals surface area contributed by atoms with Crippen LogP contribution in [0.15, 0.2) is 40.7 Å². The van der Waals surface area contributed by atoms with Gasteiger partial charge in [0.05, 0.1) is 6.54 Å². The molecule has 0 amide bonds. The predicted molar refractivity (Wildman–Crippen MR) is 118 cm³/mol. The van der Waals surface area contributed by atoms with Crippen LogP contribution in [-0.2, 0) is 12.7 Å². The molecule has 1 aromatic heterocycles. The zero-order valence-electron chi connectivity index (χ0n) is 15.4. The van der Waals surface area contributed by atoms with Gasteiger partial charge in [0.25, 0.3) is 0 Å². The average molecular weight is 525 g/mol. The van der Waals surface area contributed by atoms with Gasteiger partial charge in [-0.2, -0.15) is 13.2 Å². The van der Waals surface area contributed by atoms with Gasteiger partial charge in [0, 0.05) is 37.2 Å². The second-order valence-corrected chi connectivity index (χ2v) is 7.26. The number of alkyl halides is 3. The molecule has 2 heterocycles. The molecule has 154 valence electrons. The van der Waals surface area contributed by atoms with Crippen LogP contribution >= 0.6 is 35.3 Å². The maximum Gasteiger partial charge on any atom is 0.434 e. The predicted octanol–water partition coefficient (Wildman–Crippen LogP) is 4.11. The zero-order valence-corrected chi connectivity index (χ0v) is 18.5. The van der Waals surface area contributed by atoms with Crippen LogP contribution in [0.1, 0.15) is 23.5 Å². The molecule has 1 aliphatic heterocycles. The van der Waals surface area contributed by atoms with Crippen LogP contribution < -0.4 is 15.5 Å². The van der Waals surface area contributed by atoms with Gasteiger partial charge >= 0.3 is 6.18 Å². The third kappa shape index (κ3) is 6.23. The zero-order chi connectivity index (χ0) is 19.3. The molecule has 28 heavy (non-hydrogen) atoms. The summed E-state index contributed by atoms with van der Waals surface area (Å²) in [5, 5.41) is 7.83. The molecular formula is C18H23F3IN5S. The summed E-state index contributed by atoms with van der Waals surface area (Å²) in [6.07, 6.45) is -2.33. The molecule has 5 nitrogen and oxygen atoms in total. The highest BCUT2D eigenvalue weighted by molar-refractivity contribution is 14.0. The van der Waals surface area contributed by atoms with E-state index in [1.165, 1.54) is 5.69 Å².